The maximum absolute atomic E-state index is 13.5. The normalized spacial score (nSPS) is 14.9. The molecule has 1 aliphatic heterocycles. The number of likely N-dealkylation sites (N-methyl/N-ethyl adjacent to an activating group) is 1. The molecule has 0 fully saturated rings. The number of fused-ring (bicyclic) bond motifs is 1. The highest BCUT2D eigenvalue weighted by Gasteiger charge is 2.32. The van der Waals surface area contributed by atoms with E-state index in [2.05, 4.69) is 15.6 Å². The molecule has 0 saturated carbocycles. The Balaban J connectivity index is 1.62. The number of carbonyl (C=O) groups is 1. The number of aromatic nitrogens is 1. The lowest BCUT2D eigenvalue weighted by Crippen LogP contribution is -2.38. The fourth-order valence-corrected chi connectivity index (χ4v) is 4.12. The van der Waals surface area contributed by atoms with Crippen LogP contribution >= 0.6 is 0 Å². The van der Waals surface area contributed by atoms with Gasteiger partial charge in [0.1, 0.15) is 17.6 Å². The molecule has 1 amide bonds. The molecule has 196 valence electrons. The molecule has 0 unspecified atom stereocenters. The van der Waals surface area contributed by atoms with Gasteiger partial charge in [-0.1, -0.05) is 24.3 Å². The Morgan fingerprint density at radius 3 is 2.35 bits per heavy atom. The van der Waals surface area contributed by atoms with E-state index < -0.39 is 29.8 Å². The molecule has 10 heteroatoms. The average Bonchev–Trinajstić information content (AvgIpc) is 3.14. The monoisotopic (exact) mass is 517 g/mol. The number of nitrogens with zero attached hydrogens (tertiary/aromatic N) is 1. The molecule has 1 aliphatic rings. The molecular weight excluding hydrogens is 490 g/mol. The lowest BCUT2D eigenvalue weighted by Gasteiger charge is -2.26. The average molecular weight is 518 g/mol. The smallest absolute Gasteiger partial charge is 0.433 e. The molecule has 3 aromatic rings. The SMILES string of the molecule is CNC(=O)[C@@H](N[C@H](CCc1ccc(C(F)(F)F)nc1)c1ccc2c(c1)OCCCO2)c1ccc(F)cc1. The number of alkyl halides is 3. The van der Waals surface area contributed by atoms with E-state index in [0.29, 0.717) is 48.7 Å². The molecule has 2 heterocycles. The first kappa shape index (κ1) is 26.4. The van der Waals surface area contributed by atoms with Crippen molar-refractivity contribution < 1.29 is 31.8 Å². The number of pyridine rings is 1. The number of hydrogen-bond acceptors (Lipinski definition) is 5. The van der Waals surface area contributed by atoms with Crippen molar-refractivity contribution in [3.05, 3.63) is 89.0 Å². The summed E-state index contributed by atoms with van der Waals surface area (Å²) >= 11 is 0. The van der Waals surface area contributed by atoms with Gasteiger partial charge in [0.25, 0.3) is 0 Å². The first-order valence-electron chi connectivity index (χ1n) is 11.9. The number of carbonyl (C=O) groups excluding carboxylic acids is 1. The van der Waals surface area contributed by atoms with Crippen LogP contribution < -0.4 is 20.1 Å². The van der Waals surface area contributed by atoms with Crippen LogP contribution in [0.15, 0.2) is 60.8 Å². The van der Waals surface area contributed by atoms with Crippen molar-refractivity contribution in [3.63, 3.8) is 0 Å². The highest BCUT2D eigenvalue weighted by atomic mass is 19.4. The minimum atomic E-state index is -4.51. The number of halogens is 4. The van der Waals surface area contributed by atoms with E-state index in [-0.39, 0.29) is 5.91 Å². The van der Waals surface area contributed by atoms with Gasteiger partial charge in [0, 0.05) is 25.7 Å². The third kappa shape index (κ3) is 6.76. The molecule has 0 spiro atoms. The Labute approximate surface area is 212 Å². The molecule has 4 rings (SSSR count). The molecule has 2 atom stereocenters. The predicted octanol–water partition coefficient (Wildman–Crippen LogP) is 5.15. The van der Waals surface area contributed by atoms with Crippen molar-refractivity contribution in [1.29, 1.82) is 0 Å². The standard InChI is InChI=1S/C27H27F4N3O3/c1-32-26(35)25(18-5-8-20(28)9-6-18)34-21(10-3-17-4-12-24(33-16-17)27(29,30)31)19-7-11-22-23(15-19)37-14-2-13-36-22/h4-9,11-12,15-16,21,25,34H,2-3,10,13-14H2,1H3,(H,32,35)/t21-,25+/m1/s1. The van der Waals surface area contributed by atoms with E-state index >= 15 is 0 Å². The molecule has 0 radical (unpaired) electrons. The molecule has 37 heavy (non-hydrogen) atoms. The largest absolute Gasteiger partial charge is 0.490 e. The summed E-state index contributed by atoms with van der Waals surface area (Å²) in [4.78, 5) is 16.4. The van der Waals surface area contributed by atoms with Crippen LogP contribution in [0.3, 0.4) is 0 Å². The first-order chi connectivity index (χ1) is 17.7. The number of rotatable bonds is 8. The Morgan fingerprint density at radius 1 is 1.00 bits per heavy atom. The summed E-state index contributed by atoms with van der Waals surface area (Å²) in [6.07, 6.45) is -1.73. The Morgan fingerprint density at radius 2 is 1.70 bits per heavy atom. The molecule has 0 bridgehead atoms. The van der Waals surface area contributed by atoms with Gasteiger partial charge in [0.05, 0.1) is 13.2 Å². The number of amides is 1. The summed E-state index contributed by atoms with van der Waals surface area (Å²) in [7, 11) is 1.51. The van der Waals surface area contributed by atoms with Crippen molar-refractivity contribution in [1.82, 2.24) is 15.6 Å². The topological polar surface area (TPSA) is 72.5 Å². The maximum atomic E-state index is 13.5. The van der Waals surface area contributed by atoms with Crippen LogP contribution in [0.4, 0.5) is 17.6 Å². The summed E-state index contributed by atoms with van der Waals surface area (Å²) in [6, 6.07) is 12.3. The summed E-state index contributed by atoms with van der Waals surface area (Å²) in [5.41, 5.74) is 1.04. The van der Waals surface area contributed by atoms with Crippen LogP contribution in [0.1, 0.15) is 47.3 Å². The molecule has 0 aliphatic carbocycles. The number of benzene rings is 2. The van der Waals surface area contributed by atoms with E-state index in [1.807, 2.05) is 12.1 Å². The van der Waals surface area contributed by atoms with Crippen LogP contribution in [-0.2, 0) is 17.4 Å². The van der Waals surface area contributed by atoms with E-state index in [9.17, 15) is 22.4 Å². The molecule has 6 nitrogen and oxygen atoms in total. The van der Waals surface area contributed by atoms with Crippen LogP contribution in [-0.4, -0.2) is 31.2 Å². The number of aryl methyl sites for hydroxylation is 1. The minimum Gasteiger partial charge on any atom is -0.490 e. The van der Waals surface area contributed by atoms with Gasteiger partial charge in [-0.15, -0.1) is 0 Å². The van der Waals surface area contributed by atoms with Gasteiger partial charge < -0.3 is 14.8 Å². The fraction of sp³-hybridized carbons (Fsp3) is 0.333. The Hall–Kier alpha value is -3.66. The first-order valence-corrected chi connectivity index (χ1v) is 11.9. The summed E-state index contributed by atoms with van der Waals surface area (Å²) in [6.45, 7) is 1.04. The van der Waals surface area contributed by atoms with Crippen molar-refractivity contribution in [2.24, 2.45) is 0 Å². The second kappa shape index (κ2) is 11.6. The predicted molar refractivity (Wildman–Crippen MR) is 129 cm³/mol. The number of ether oxygens (including phenoxy) is 2. The van der Waals surface area contributed by atoms with Gasteiger partial charge >= 0.3 is 6.18 Å². The lowest BCUT2D eigenvalue weighted by molar-refractivity contribution is -0.141. The van der Waals surface area contributed by atoms with Crippen molar-refractivity contribution in [2.75, 3.05) is 20.3 Å². The zero-order chi connectivity index (χ0) is 26.4. The van der Waals surface area contributed by atoms with Crippen molar-refractivity contribution in [2.45, 2.75) is 37.5 Å². The fourth-order valence-electron chi connectivity index (χ4n) is 4.12. The Kier molecular flexibility index (Phi) is 8.27. The Bertz CT molecular complexity index is 1200. The third-order valence-corrected chi connectivity index (χ3v) is 6.09. The molecule has 2 aromatic carbocycles. The van der Waals surface area contributed by atoms with Crippen molar-refractivity contribution >= 4 is 5.91 Å². The van der Waals surface area contributed by atoms with Gasteiger partial charge in [0.2, 0.25) is 5.91 Å². The van der Waals surface area contributed by atoms with Crippen LogP contribution in [0.25, 0.3) is 0 Å². The summed E-state index contributed by atoms with van der Waals surface area (Å²) in [5, 5.41) is 5.98. The number of nitrogens with one attached hydrogen (secondary N) is 2. The summed E-state index contributed by atoms with van der Waals surface area (Å²) < 4.78 is 63.8. The molecular formula is C27H27F4N3O3. The molecule has 1 aromatic heterocycles. The third-order valence-electron chi connectivity index (χ3n) is 6.09. The zero-order valence-electron chi connectivity index (χ0n) is 20.1. The van der Waals surface area contributed by atoms with Crippen LogP contribution in [0.5, 0.6) is 11.5 Å². The number of hydrogen-bond donors (Lipinski definition) is 2. The van der Waals surface area contributed by atoms with Gasteiger partial charge in [-0.3, -0.25) is 15.1 Å². The van der Waals surface area contributed by atoms with E-state index in [1.165, 1.54) is 43.6 Å². The second-order valence-electron chi connectivity index (χ2n) is 8.66. The second-order valence-corrected chi connectivity index (χ2v) is 8.66. The maximum Gasteiger partial charge on any atom is 0.433 e. The minimum absolute atomic E-state index is 0.317. The van der Waals surface area contributed by atoms with E-state index in [4.69, 9.17) is 9.47 Å². The van der Waals surface area contributed by atoms with Gasteiger partial charge in [0.15, 0.2) is 11.5 Å². The lowest BCUT2D eigenvalue weighted by atomic mass is 9.96. The van der Waals surface area contributed by atoms with Gasteiger partial charge in [-0.05, 0) is 59.9 Å². The van der Waals surface area contributed by atoms with Crippen molar-refractivity contribution in [3.8, 4) is 11.5 Å². The highest BCUT2D eigenvalue weighted by Crippen LogP contribution is 2.35. The van der Waals surface area contributed by atoms with Crippen LogP contribution in [0.2, 0.25) is 0 Å². The van der Waals surface area contributed by atoms with Crippen LogP contribution in [0, 0.1) is 5.82 Å². The molecule has 0 saturated heterocycles. The quantitative estimate of drug-likeness (QED) is 0.405. The van der Waals surface area contributed by atoms with Gasteiger partial charge in [-0.2, -0.15) is 13.2 Å². The van der Waals surface area contributed by atoms with Gasteiger partial charge in [-0.25, -0.2) is 4.39 Å². The zero-order valence-corrected chi connectivity index (χ0v) is 20.1. The van der Waals surface area contributed by atoms with E-state index in [0.717, 1.165) is 18.1 Å². The molecule has 2 N–H and O–H groups in total. The van der Waals surface area contributed by atoms with E-state index in [1.54, 1.807) is 6.07 Å². The highest BCUT2D eigenvalue weighted by molar-refractivity contribution is 5.83. The summed E-state index contributed by atoms with van der Waals surface area (Å²) in [5.74, 6) is 0.459.